The first-order chi connectivity index (χ1) is 19.5. The number of carbonyl (C=O) groups excluding carboxylic acids is 4. The molecule has 4 aromatic rings. The van der Waals surface area contributed by atoms with E-state index in [4.69, 9.17) is 4.98 Å². The normalized spacial score (nSPS) is 20.0. The molecule has 0 bridgehead atoms. The minimum atomic E-state index is -0.472. The van der Waals surface area contributed by atoms with Crippen molar-refractivity contribution >= 4 is 45.9 Å². The smallest absolute Gasteiger partial charge is 0.262 e. The van der Waals surface area contributed by atoms with Crippen LogP contribution in [-0.2, 0) is 16.1 Å². The van der Waals surface area contributed by atoms with Gasteiger partial charge in [-0.15, -0.1) is 0 Å². The van der Waals surface area contributed by atoms with Crippen molar-refractivity contribution in [2.75, 3.05) is 16.3 Å². The van der Waals surface area contributed by atoms with E-state index in [-0.39, 0.29) is 36.9 Å². The molecule has 3 heterocycles. The lowest BCUT2D eigenvalue weighted by Crippen LogP contribution is -2.49. The van der Waals surface area contributed by atoms with Crippen LogP contribution in [-0.4, -0.2) is 46.1 Å². The SMILES string of the molecule is O=C1c2ccccc2C(=O)N1CC(=O)N1c2ccccc2N(Cc2ccc3ccccc3n2)C(=O)C2CCCC21. The second-order valence-corrected chi connectivity index (χ2v) is 10.5. The molecule has 0 radical (unpaired) electrons. The van der Waals surface area contributed by atoms with Gasteiger partial charge >= 0.3 is 0 Å². The maximum Gasteiger partial charge on any atom is 0.262 e. The number of pyridine rings is 1. The van der Waals surface area contributed by atoms with Crippen LogP contribution >= 0.6 is 0 Å². The standard InChI is InChI=1S/C32H26N4O4/c37-29(19-35-30(38)22-9-2-3-10-23(22)31(35)39)36-26-15-7-11-24(26)32(40)34(27-13-5-6-14-28(27)36)18-21-17-16-20-8-1-4-12-25(20)33-21/h1-6,8-10,12-14,16-17,24,26H,7,11,15,18-19H2. The van der Waals surface area contributed by atoms with Crippen molar-refractivity contribution in [3.63, 3.8) is 0 Å². The minimum absolute atomic E-state index is 0.0408. The third-order valence-electron chi connectivity index (χ3n) is 8.24. The summed E-state index contributed by atoms with van der Waals surface area (Å²) < 4.78 is 0. The number of imide groups is 1. The molecular weight excluding hydrogens is 504 g/mol. The highest BCUT2D eigenvalue weighted by molar-refractivity contribution is 6.23. The third-order valence-corrected chi connectivity index (χ3v) is 8.24. The number of para-hydroxylation sites is 3. The second kappa shape index (κ2) is 9.41. The van der Waals surface area contributed by atoms with Crippen LogP contribution in [0, 0.1) is 5.92 Å². The maximum absolute atomic E-state index is 14.1. The highest BCUT2D eigenvalue weighted by atomic mass is 16.2. The van der Waals surface area contributed by atoms with Gasteiger partial charge in [0.25, 0.3) is 11.8 Å². The molecule has 2 atom stereocenters. The van der Waals surface area contributed by atoms with E-state index >= 15 is 0 Å². The summed E-state index contributed by atoms with van der Waals surface area (Å²) in [6.45, 7) is -0.116. The van der Waals surface area contributed by atoms with Crippen molar-refractivity contribution in [3.05, 3.63) is 102 Å². The fourth-order valence-corrected chi connectivity index (χ4v) is 6.37. The lowest BCUT2D eigenvalue weighted by molar-refractivity contribution is -0.123. The Labute approximate surface area is 230 Å². The molecule has 4 amide bonds. The Kier molecular flexibility index (Phi) is 5.70. The molecule has 2 aliphatic heterocycles. The van der Waals surface area contributed by atoms with Crippen molar-refractivity contribution < 1.29 is 19.2 Å². The number of amides is 4. The summed E-state index contributed by atoms with van der Waals surface area (Å²) in [5, 5.41) is 1.02. The molecular formula is C32H26N4O4. The minimum Gasteiger partial charge on any atom is -0.305 e. The molecule has 198 valence electrons. The number of rotatable bonds is 4. The Morgan fingerprint density at radius 2 is 1.43 bits per heavy atom. The molecule has 40 heavy (non-hydrogen) atoms. The van der Waals surface area contributed by atoms with Crippen molar-refractivity contribution in [1.82, 2.24) is 9.88 Å². The van der Waals surface area contributed by atoms with Crippen molar-refractivity contribution in [3.8, 4) is 0 Å². The summed E-state index contributed by atoms with van der Waals surface area (Å²) in [4.78, 5) is 63.4. The molecule has 3 aromatic carbocycles. The van der Waals surface area contributed by atoms with Crippen molar-refractivity contribution in [1.29, 1.82) is 0 Å². The van der Waals surface area contributed by atoms with Gasteiger partial charge in [-0.2, -0.15) is 0 Å². The largest absolute Gasteiger partial charge is 0.305 e. The Bertz CT molecular complexity index is 1680. The lowest BCUT2D eigenvalue weighted by atomic mass is 10.0. The molecule has 7 rings (SSSR count). The summed E-state index contributed by atoms with van der Waals surface area (Å²) in [7, 11) is 0. The fraction of sp³-hybridized carbons (Fsp3) is 0.219. The van der Waals surface area contributed by atoms with Crippen molar-refractivity contribution in [2.45, 2.75) is 31.8 Å². The molecule has 1 aromatic heterocycles. The monoisotopic (exact) mass is 530 g/mol. The highest BCUT2D eigenvalue weighted by Crippen LogP contribution is 2.43. The molecule has 3 aliphatic rings. The van der Waals surface area contributed by atoms with Gasteiger partial charge in [-0.25, -0.2) is 0 Å². The fourth-order valence-electron chi connectivity index (χ4n) is 6.37. The number of aromatic nitrogens is 1. The van der Waals surface area contributed by atoms with Gasteiger partial charge in [0.05, 0.1) is 46.2 Å². The number of benzene rings is 3. The van der Waals surface area contributed by atoms with E-state index in [1.807, 2.05) is 60.7 Å². The van der Waals surface area contributed by atoms with Crippen LogP contribution < -0.4 is 9.80 Å². The van der Waals surface area contributed by atoms with Gasteiger partial charge in [-0.3, -0.25) is 29.1 Å². The van der Waals surface area contributed by atoms with Gasteiger partial charge in [0.2, 0.25) is 11.8 Å². The van der Waals surface area contributed by atoms with E-state index in [0.717, 1.165) is 27.9 Å². The van der Waals surface area contributed by atoms with Gasteiger partial charge < -0.3 is 9.80 Å². The molecule has 0 N–H and O–H groups in total. The summed E-state index contributed by atoms with van der Waals surface area (Å²) in [6.07, 6.45) is 2.14. The molecule has 8 heteroatoms. The van der Waals surface area contributed by atoms with Gasteiger partial charge in [-0.05, 0) is 49.2 Å². The van der Waals surface area contributed by atoms with E-state index < -0.39 is 11.8 Å². The van der Waals surface area contributed by atoms with E-state index in [0.29, 0.717) is 35.3 Å². The highest BCUT2D eigenvalue weighted by Gasteiger charge is 2.47. The zero-order valence-corrected chi connectivity index (χ0v) is 21.7. The van der Waals surface area contributed by atoms with Gasteiger partial charge in [0.1, 0.15) is 6.54 Å². The van der Waals surface area contributed by atoms with Crippen LogP contribution in [0.3, 0.4) is 0 Å². The first kappa shape index (κ1) is 24.2. The van der Waals surface area contributed by atoms with Crippen LogP contribution in [0.25, 0.3) is 10.9 Å². The Morgan fingerprint density at radius 1 is 0.750 bits per heavy atom. The van der Waals surface area contributed by atoms with Crippen LogP contribution in [0.5, 0.6) is 0 Å². The Balaban J connectivity index is 1.25. The number of carbonyl (C=O) groups is 4. The van der Waals surface area contributed by atoms with Crippen LogP contribution in [0.15, 0.2) is 84.9 Å². The van der Waals surface area contributed by atoms with E-state index in [1.165, 1.54) is 0 Å². The predicted molar refractivity (Wildman–Crippen MR) is 150 cm³/mol. The molecule has 8 nitrogen and oxygen atoms in total. The Morgan fingerprint density at radius 3 is 2.20 bits per heavy atom. The third kappa shape index (κ3) is 3.78. The average molecular weight is 531 g/mol. The van der Waals surface area contributed by atoms with Gasteiger partial charge in [0.15, 0.2) is 0 Å². The summed E-state index contributed by atoms with van der Waals surface area (Å²) in [5.41, 5.74) is 3.44. The van der Waals surface area contributed by atoms with Gasteiger partial charge in [0, 0.05) is 11.4 Å². The summed E-state index contributed by atoms with van der Waals surface area (Å²) in [6, 6.07) is 25.4. The molecule has 2 unspecified atom stereocenters. The molecule has 1 aliphatic carbocycles. The topological polar surface area (TPSA) is 90.9 Å². The number of fused-ring (bicyclic) bond motifs is 4. The lowest BCUT2D eigenvalue weighted by Gasteiger charge is -2.31. The first-order valence-electron chi connectivity index (χ1n) is 13.5. The van der Waals surface area contributed by atoms with E-state index in [1.54, 1.807) is 34.1 Å². The quantitative estimate of drug-likeness (QED) is 0.360. The molecule has 1 saturated carbocycles. The van der Waals surface area contributed by atoms with Crippen LogP contribution in [0.4, 0.5) is 11.4 Å². The van der Waals surface area contributed by atoms with Crippen LogP contribution in [0.1, 0.15) is 45.7 Å². The second-order valence-electron chi connectivity index (χ2n) is 10.5. The first-order valence-corrected chi connectivity index (χ1v) is 13.5. The number of nitrogens with zero attached hydrogens (tertiary/aromatic N) is 4. The number of hydrogen-bond acceptors (Lipinski definition) is 5. The van der Waals surface area contributed by atoms with E-state index in [9.17, 15) is 19.2 Å². The zero-order valence-electron chi connectivity index (χ0n) is 21.7. The number of anilines is 2. The summed E-state index contributed by atoms with van der Waals surface area (Å²) in [5.74, 6) is -1.75. The molecule has 0 spiro atoms. The van der Waals surface area contributed by atoms with Crippen molar-refractivity contribution in [2.24, 2.45) is 5.92 Å². The average Bonchev–Trinajstić information content (AvgIpc) is 3.53. The number of hydrogen-bond donors (Lipinski definition) is 0. The zero-order chi connectivity index (χ0) is 27.4. The van der Waals surface area contributed by atoms with E-state index in [2.05, 4.69) is 0 Å². The van der Waals surface area contributed by atoms with Gasteiger partial charge in [-0.1, -0.05) is 55.0 Å². The van der Waals surface area contributed by atoms with Crippen LogP contribution in [0.2, 0.25) is 0 Å². The predicted octanol–water partition coefficient (Wildman–Crippen LogP) is 4.58. The molecule has 1 fully saturated rings. The maximum atomic E-state index is 14.1. The molecule has 0 saturated heterocycles. The Hall–Kier alpha value is -4.85. The summed E-state index contributed by atoms with van der Waals surface area (Å²) >= 11 is 0.